The van der Waals surface area contributed by atoms with Gasteiger partial charge in [0.15, 0.2) is 0 Å². The second kappa shape index (κ2) is 7.14. The van der Waals surface area contributed by atoms with Crippen LogP contribution in [0.3, 0.4) is 0 Å². The molecule has 1 atom stereocenters. The van der Waals surface area contributed by atoms with Crippen LogP contribution in [-0.4, -0.2) is 14.2 Å². The van der Waals surface area contributed by atoms with Crippen molar-refractivity contribution >= 4 is 0 Å². The summed E-state index contributed by atoms with van der Waals surface area (Å²) in [6.07, 6.45) is 0. The number of ether oxygens (including phenoxy) is 2. The summed E-state index contributed by atoms with van der Waals surface area (Å²) in [6, 6.07) is 14.7. The summed E-state index contributed by atoms with van der Waals surface area (Å²) >= 11 is 0. The molecule has 1 N–H and O–H groups in total. The zero-order chi connectivity index (χ0) is 15.2. The van der Waals surface area contributed by atoms with Crippen molar-refractivity contribution in [2.75, 3.05) is 14.2 Å². The minimum absolute atomic E-state index is 0.279. The monoisotopic (exact) mass is 285 g/mol. The van der Waals surface area contributed by atoms with Crippen LogP contribution in [0.5, 0.6) is 11.5 Å². The molecule has 2 aromatic rings. The molecule has 0 amide bonds. The lowest BCUT2D eigenvalue weighted by molar-refractivity contribution is 0.395. The Morgan fingerprint density at radius 3 is 2.52 bits per heavy atom. The van der Waals surface area contributed by atoms with Gasteiger partial charge in [0.2, 0.25) is 0 Å². The highest BCUT2D eigenvalue weighted by Gasteiger charge is 2.09. The highest BCUT2D eigenvalue weighted by molar-refractivity contribution is 5.40. The van der Waals surface area contributed by atoms with Gasteiger partial charge in [0.05, 0.1) is 14.2 Å². The molecule has 3 heteroatoms. The van der Waals surface area contributed by atoms with Crippen molar-refractivity contribution in [1.29, 1.82) is 0 Å². The molecule has 112 valence electrons. The standard InChI is InChI=1S/C18H23NO2/c1-13-6-5-7-15(10-13)14(2)19-12-16-11-17(20-3)8-9-18(16)21-4/h5-11,14,19H,12H2,1-4H3/t14-/m0/s1. The first-order valence-electron chi connectivity index (χ1n) is 7.15. The summed E-state index contributed by atoms with van der Waals surface area (Å²) in [5.74, 6) is 1.72. The molecule has 2 aromatic carbocycles. The topological polar surface area (TPSA) is 30.5 Å². The predicted molar refractivity (Wildman–Crippen MR) is 86.0 cm³/mol. The van der Waals surface area contributed by atoms with E-state index in [1.165, 1.54) is 11.1 Å². The van der Waals surface area contributed by atoms with Crippen molar-refractivity contribution < 1.29 is 9.47 Å². The minimum atomic E-state index is 0.279. The molecule has 0 bridgehead atoms. The van der Waals surface area contributed by atoms with E-state index in [4.69, 9.17) is 9.47 Å². The van der Waals surface area contributed by atoms with Crippen molar-refractivity contribution in [2.24, 2.45) is 0 Å². The Labute approximate surface area is 126 Å². The fourth-order valence-corrected chi connectivity index (χ4v) is 2.34. The first-order valence-corrected chi connectivity index (χ1v) is 7.15. The Morgan fingerprint density at radius 2 is 1.86 bits per heavy atom. The minimum Gasteiger partial charge on any atom is -0.497 e. The van der Waals surface area contributed by atoms with E-state index in [1.54, 1.807) is 14.2 Å². The molecule has 0 aliphatic carbocycles. The first kappa shape index (κ1) is 15.4. The molecule has 21 heavy (non-hydrogen) atoms. The van der Waals surface area contributed by atoms with Crippen LogP contribution >= 0.6 is 0 Å². The normalized spacial score (nSPS) is 12.0. The van der Waals surface area contributed by atoms with Crippen molar-refractivity contribution in [3.63, 3.8) is 0 Å². The molecule has 2 rings (SSSR count). The number of nitrogens with one attached hydrogen (secondary N) is 1. The van der Waals surface area contributed by atoms with Crippen LogP contribution in [0.4, 0.5) is 0 Å². The lowest BCUT2D eigenvalue weighted by atomic mass is 10.1. The summed E-state index contributed by atoms with van der Waals surface area (Å²) in [5.41, 5.74) is 3.66. The predicted octanol–water partition coefficient (Wildman–Crippen LogP) is 3.86. The van der Waals surface area contributed by atoms with E-state index in [0.717, 1.165) is 23.6 Å². The number of hydrogen-bond acceptors (Lipinski definition) is 3. The molecule has 0 spiro atoms. The van der Waals surface area contributed by atoms with Gasteiger partial charge in [-0.3, -0.25) is 0 Å². The van der Waals surface area contributed by atoms with Gasteiger partial charge in [-0.05, 0) is 37.6 Å². The SMILES string of the molecule is COc1ccc(OC)c(CN[C@@H](C)c2cccc(C)c2)c1. The van der Waals surface area contributed by atoms with Crippen molar-refractivity contribution in [3.05, 3.63) is 59.2 Å². The van der Waals surface area contributed by atoms with Crippen LogP contribution in [0.2, 0.25) is 0 Å². The zero-order valence-corrected chi connectivity index (χ0v) is 13.1. The van der Waals surface area contributed by atoms with E-state index in [0.29, 0.717) is 0 Å². The third-order valence-corrected chi connectivity index (χ3v) is 3.63. The van der Waals surface area contributed by atoms with E-state index < -0.39 is 0 Å². The lowest BCUT2D eigenvalue weighted by Gasteiger charge is -2.17. The highest BCUT2D eigenvalue weighted by Crippen LogP contribution is 2.24. The molecule has 0 saturated heterocycles. The Hall–Kier alpha value is -2.00. The van der Waals surface area contributed by atoms with E-state index in [2.05, 4.69) is 43.4 Å². The average molecular weight is 285 g/mol. The van der Waals surface area contributed by atoms with Crippen LogP contribution in [0.1, 0.15) is 29.7 Å². The maximum Gasteiger partial charge on any atom is 0.123 e. The fraction of sp³-hybridized carbons (Fsp3) is 0.333. The number of rotatable bonds is 6. The van der Waals surface area contributed by atoms with Gasteiger partial charge in [0.25, 0.3) is 0 Å². The molecule has 0 heterocycles. The zero-order valence-electron chi connectivity index (χ0n) is 13.1. The molecule has 0 saturated carbocycles. The molecule has 0 aromatic heterocycles. The highest BCUT2D eigenvalue weighted by atomic mass is 16.5. The van der Waals surface area contributed by atoms with E-state index in [1.807, 2.05) is 18.2 Å². The third kappa shape index (κ3) is 3.99. The molecule has 3 nitrogen and oxygen atoms in total. The Morgan fingerprint density at radius 1 is 1.05 bits per heavy atom. The Bertz CT molecular complexity index is 596. The van der Waals surface area contributed by atoms with Gasteiger partial charge < -0.3 is 14.8 Å². The van der Waals surface area contributed by atoms with Crippen LogP contribution in [0, 0.1) is 6.92 Å². The van der Waals surface area contributed by atoms with Crippen molar-refractivity contribution in [2.45, 2.75) is 26.4 Å². The molecule has 0 radical (unpaired) electrons. The summed E-state index contributed by atoms with van der Waals surface area (Å²) in [4.78, 5) is 0. The first-order chi connectivity index (χ1) is 10.1. The third-order valence-electron chi connectivity index (χ3n) is 3.63. The van der Waals surface area contributed by atoms with Crippen molar-refractivity contribution in [3.8, 4) is 11.5 Å². The quantitative estimate of drug-likeness (QED) is 0.874. The molecular formula is C18H23NO2. The fourth-order valence-electron chi connectivity index (χ4n) is 2.34. The second-order valence-electron chi connectivity index (χ2n) is 5.19. The summed E-state index contributed by atoms with van der Waals surface area (Å²) < 4.78 is 10.7. The van der Waals surface area contributed by atoms with Gasteiger partial charge in [-0.1, -0.05) is 29.8 Å². The summed E-state index contributed by atoms with van der Waals surface area (Å²) in [6.45, 7) is 5.01. The van der Waals surface area contributed by atoms with E-state index >= 15 is 0 Å². The Balaban J connectivity index is 2.08. The van der Waals surface area contributed by atoms with E-state index in [9.17, 15) is 0 Å². The average Bonchev–Trinajstić information content (AvgIpc) is 2.52. The summed E-state index contributed by atoms with van der Waals surface area (Å²) in [5, 5.41) is 3.53. The van der Waals surface area contributed by atoms with E-state index in [-0.39, 0.29) is 6.04 Å². The van der Waals surface area contributed by atoms with Gasteiger partial charge >= 0.3 is 0 Å². The van der Waals surface area contributed by atoms with Gasteiger partial charge in [-0.2, -0.15) is 0 Å². The number of methoxy groups -OCH3 is 2. The van der Waals surface area contributed by atoms with Crippen LogP contribution in [-0.2, 0) is 6.54 Å². The molecule has 0 unspecified atom stereocenters. The second-order valence-corrected chi connectivity index (χ2v) is 5.19. The smallest absolute Gasteiger partial charge is 0.123 e. The molecule has 0 fully saturated rings. The number of hydrogen-bond donors (Lipinski definition) is 1. The molecular weight excluding hydrogens is 262 g/mol. The maximum atomic E-state index is 5.41. The maximum absolute atomic E-state index is 5.41. The number of benzene rings is 2. The number of aryl methyl sites for hydroxylation is 1. The van der Waals surface area contributed by atoms with Crippen LogP contribution in [0.15, 0.2) is 42.5 Å². The van der Waals surface area contributed by atoms with Gasteiger partial charge in [0.1, 0.15) is 11.5 Å². The Kier molecular flexibility index (Phi) is 5.23. The van der Waals surface area contributed by atoms with Crippen molar-refractivity contribution in [1.82, 2.24) is 5.32 Å². The van der Waals surface area contributed by atoms with Crippen LogP contribution in [0.25, 0.3) is 0 Å². The van der Waals surface area contributed by atoms with Gasteiger partial charge in [-0.25, -0.2) is 0 Å². The van der Waals surface area contributed by atoms with Gasteiger partial charge in [-0.15, -0.1) is 0 Å². The largest absolute Gasteiger partial charge is 0.497 e. The molecule has 0 aliphatic heterocycles. The summed E-state index contributed by atoms with van der Waals surface area (Å²) in [7, 11) is 3.36. The van der Waals surface area contributed by atoms with Crippen LogP contribution < -0.4 is 14.8 Å². The van der Waals surface area contributed by atoms with Gasteiger partial charge in [0, 0.05) is 18.2 Å². The lowest BCUT2D eigenvalue weighted by Crippen LogP contribution is -2.18. The molecule has 0 aliphatic rings.